The van der Waals surface area contributed by atoms with Gasteiger partial charge in [-0.3, -0.25) is 14.9 Å². The summed E-state index contributed by atoms with van der Waals surface area (Å²) < 4.78 is 13.2. The molecule has 1 heterocycles. The van der Waals surface area contributed by atoms with Gasteiger partial charge in [-0.2, -0.15) is 0 Å². The predicted molar refractivity (Wildman–Crippen MR) is 75.6 cm³/mol. The van der Waals surface area contributed by atoms with Gasteiger partial charge in [-0.25, -0.2) is 4.39 Å². The number of carbonyl (C=O) groups excluding carboxylic acids is 1. The molecule has 1 aromatic carbocycles. The number of benzene rings is 1. The molecule has 21 heavy (non-hydrogen) atoms. The number of hydrogen-bond donors (Lipinski definition) is 1. The smallest absolute Gasteiger partial charge is 0.282 e. The molecule has 1 N–H and O–H groups in total. The van der Waals surface area contributed by atoms with Crippen molar-refractivity contribution in [1.82, 2.24) is 10.2 Å². The fourth-order valence-electron chi connectivity index (χ4n) is 2.62. The van der Waals surface area contributed by atoms with Crippen molar-refractivity contribution in [1.29, 1.82) is 0 Å². The Labute approximate surface area is 122 Å². The third-order valence-corrected chi connectivity index (χ3v) is 3.67. The normalized spacial score (nSPS) is 19.2. The van der Waals surface area contributed by atoms with Crippen LogP contribution in [0, 0.1) is 21.8 Å². The second kappa shape index (κ2) is 6.62. The van der Waals surface area contributed by atoms with E-state index in [0.29, 0.717) is 12.5 Å². The van der Waals surface area contributed by atoms with Crippen LogP contribution in [-0.4, -0.2) is 42.4 Å². The van der Waals surface area contributed by atoms with Crippen molar-refractivity contribution in [3.05, 3.63) is 39.7 Å². The first-order valence-corrected chi connectivity index (χ1v) is 6.88. The van der Waals surface area contributed by atoms with Crippen molar-refractivity contribution in [3.8, 4) is 0 Å². The maximum absolute atomic E-state index is 13.2. The number of halogens is 1. The molecule has 0 bridgehead atoms. The highest BCUT2D eigenvalue weighted by atomic mass is 19.1. The summed E-state index contributed by atoms with van der Waals surface area (Å²) >= 11 is 0. The second-order valence-corrected chi connectivity index (χ2v) is 5.40. The van der Waals surface area contributed by atoms with Gasteiger partial charge in [0.25, 0.3) is 11.6 Å². The van der Waals surface area contributed by atoms with Crippen LogP contribution in [0.25, 0.3) is 0 Å². The Morgan fingerprint density at radius 1 is 1.57 bits per heavy atom. The largest absolute Gasteiger partial charge is 0.351 e. The van der Waals surface area contributed by atoms with E-state index in [2.05, 4.69) is 10.2 Å². The highest BCUT2D eigenvalue weighted by molar-refractivity contribution is 5.98. The van der Waals surface area contributed by atoms with Crippen molar-refractivity contribution in [2.24, 2.45) is 5.92 Å². The van der Waals surface area contributed by atoms with Gasteiger partial charge in [-0.15, -0.1) is 0 Å². The van der Waals surface area contributed by atoms with Gasteiger partial charge in [0.05, 0.1) is 4.92 Å². The minimum atomic E-state index is -0.678. The van der Waals surface area contributed by atoms with E-state index in [4.69, 9.17) is 0 Å². The summed E-state index contributed by atoms with van der Waals surface area (Å²) in [4.78, 5) is 24.4. The van der Waals surface area contributed by atoms with Crippen LogP contribution in [-0.2, 0) is 0 Å². The van der Waals surface area contributed by atoms with Crippen LogP contribution in [0.4, 0.5) is 10.1 Å². The molecule has 0 aromatic heterocycles. The molecule has 0 radical (unpaired) electrons. The SMILES string of the molecule is CN1CCCC(CNC(=O)c2cc(F)ccc2[N+](=O)[O-])C1. The van der Waals surface area contributed by atoms with Gasteiger partial charge in [0.2, 0.25) is 0 Å². The minimum absolute atomic E-state index is 0.232. The average molecular weight is 295 g/mol. The minimum Gasteiger partial charge on any atom is -0.351 e. The zero-order valence-electron chi connectivity index (χ0n) is 11.8. The molecule has 2 rings (SSSR count). The van der Waals surface area contributed by atoms with Crippen LogP contribution >= 0.6 is 0 Å². The number of nitrogens with one attached hydrogen (secondary N) is 1. The number of carbonyl (C=O) groups is 1. The fourth-order valence-corrected chi connectivity index (χ4v) is 2.62. The molecule has 1 atom stereocenters. The number of nitro benzene ring substituents is 1. The molecule has 1 aliphatic heterocycles. The first-order chi connectivity index (χ1) is 9.97. The van der Waals surface area contributed by atoms with Crippen LogP contribution < -0.4 is 5.32 Å². The van der Waals surface area contributed by atoms with Gasteiger partial charge >= 0.3 is 0 Å². The molecule has 1 amide bonds. The maximum atomic E-state index is 13.2. The molecule has 1 unspecified atom stereocenters. The topological polar surface area (TPSA) is 75.5 Å². The predicted octanol–water partition coefficient (Wildman–Crippen LogP) is 1.81. The van der Waals surface area contributed by atoms with Gasteiger partial charge in [0.1, 0.15) is 11.4 Å². The Kier molecular flexibility index (Phi) is 4.85. The molecule has 1 saturated heterocycles. The number of piperidine rings is 1. The summed E-state index contributed by atoms with van der Waals surface area (Å²) in [5, 5.41) is 13.6. The van der Waals surface area contributed by atoms with E-state index in [0.717, 1.165) is 44.1 Å². The molecule has 0 saturated carbocycles. The van der Waals surface area contributed by atoms with Crippen LogP contribution in [0.5, 0.6) is 0 Å². The molecular formula is C14H18FN3O3. The zero-order chi connectivity index (χ0) is 15.4. The van der Waals surface area contributed by atoms with E-state index in [1.165, 1.54) is 0 Å². The molecule has 1 aliphatic rings. The third kappa shape index (κ3) is 3.98. The molecule has 7 heteroatoms. The fraction of sp³-hybridized carbons (Fsp3) is 0.500. The number of amides is 1. The number of hydrogen-bond acceptors (Lipinski definition) is 4. The van der Waals surface area contributed by atoms with E-state index in [1.54, 1.807) is 0 Å². The molecule has 0 aliphatic carbocycles. The average Bonchev–Trinajstić information content (AvgIpc) is 2.44. The summed E-state index contributed by atoms with van der Waals surface area (Å²) in [6, 6.07) is 2.89. The lowest BCUT2D eigenvalue weighted by Gasteiger charge is -2.29. The standard InChI is InChI=1S/C14H18FN3O3/c1-17-6-2-3-10(9-17)8-16-14(19)12-7-11(15)4-5-13(12)18(20)21/h4-5,7,10H,2-3,6,8-9H2,1H3,(H,16,19). The summed E-state index contributed by atoms with van der Waals surface area (Å²) in [6.45, 7) is 2.36. The van der Waals surface area contributed by atoms with Crippen LogP contribution in [0.15, 0.2) is 18.2 Å². The number of rotatable bonds is 4. The first-order valence-electron chi connectivity index (χ1n) is 6.88. The Morgan fingerprint density at radius 2 is 2.33 bits per heavy atom. The summed E-state index contributed by atoms with van der Waals surface area (Å²) in [6.07, 6.45) is 2.08. The molecule has 1 fully saturated rings. The first kappa shape index (κ1) is 15.4. The molecule has 1 aromatic rings. The van der Waals surface area contributed by atoms with Crippen molar-refractivity contribution >= 4 is 11.6 Å². The van der Waals surface area contributed by atoms with Crippen molar-refractivity contribution in [2.75, 3.05) is 26.7 Å². The van der Waals surface area contributed by atoms with Crippen LogP contribution in [0.3, 0.4) is 0 Å². The lowest BCUT2D eigenvalue weighted by Crippen LogP contribution is -2.39. The van der Waals surface area contributed by atoms with E-state index in [9.17, 15) is 19.3 Å². The lowest BCUT2D eigenvalue weighted by molar-refractivity contribution is -0.385. The molecule has 6 nitrogen and oxygen atoms in total. The number of likely N-dealkylation sites (tertiary alicyclic amines) is 1. The molecule has 0 spiro atoms. The van der Waals surface area contributed by atoms with Crippen molar-refractivity contribution < 1.29 is 14.1 Å². The molecular weight excluding hydrogens is 277 g/mol. The second-order valence-electron chi connectivity index (χ2n) is 5.40. The van der Waals surface area contributed by atoms with Crippen LogP contribution in [0.1, 0.15) is 23.2 Å². The number of nitro groups is 1. The van der Waals surface area contributed by atoms with Crippen molar-refractivity contribution in [3.63, 3.8) is 0 Å². The number of nitrogens with zero attached hydrogens (tertiary/aromatic N) is 2. The Hall–Kier alpha value is -2.02. The van der Waals surface area contributed by atoms with Crippen molar-refractivity contribution in [2.45, 2.75) is 12.8 Å². The van der Waals surface area contributed by atoms with Gasteiger partial charge in [-0.05, 0) is 44.5 Å². The van der Waals surface area contributed by atoms with Gasteiger partial charge in [-0.1, -0.05) is 0 Å². The van der Waals surface area contributed by atoms with E-state index in [-0.39, 0.29) is 11.3 Å². The Bertz CT molecular complexity index is 550. The summed E-state index contributed by atoms with van der Waals surface area (Å²) in [5.41, 5.74) is -0.612. The van der Waals surface area contributed by atoms with Gasteiger partial charge in [0.15, 0.2) is 0 Å². The molecule has 114 valence electrons. The third-order valence-electron chi connectivity index (χ3n) is 3.67. The van der Waals surface area contributed by atoms with Gasteiger partial charge < -0.3 is 10.2 Å². The zero-order valence-corrected chi connectivity index (χ0v) is 11.8. The van der Waals surface area contributed by atoms with Gasteiger partial charge in [0, 0.05) is 19.2 Å². The van der Waals surface area contributed by atoms with E-state index >= 15 is 0 Å². The summed E-state index contributed by atoms with van der Waals surface area (Å²) in [7, 11) is 2.02. The Morgan fingerprint density at radius 3 is 3.00 bits per heavy atom. The quantitative estimate of drug-likeness (QED) is 0.679. The van der Waals surface area contributed by atoms with Crippen LogP contribution in [0.2, 0.25) is 0 Å². The maximum Gasteiger partial charge on any atom is 0.282 e. The lowest BCUT2D eigenvalue weighted by atomic mass is 9.98. The monoisotopic (exact) mass is 295 g/mol. The summed E-state index contributed by atoms with van der Waals surface area (Å²) in [5.74, 6) is -0.946. The van der Waals surface area contributed by atoms with E-state index < -0.39 is 16.6 Å². The van der Waals surface area contributed by atoms with E-state index in [1.807, 2.05) is 7.05 Å². The Balaban J connectivity index is 2.03. The highest BCUT2D eigenvalue weighted by Crippen LogP contribution is 2.20. The highest BCUT2D eigenvalue weighted by Gasteiger charge is 2.23.